The van der Waals surface area contributed by atoms with E-state index in [1.54, 1.807) is 12.3 Å². The van der Waals surface area contributed by atoms with Crippen molar-refractivity contribution < 1.29 is 9.90 Å². The number of nitrogens with one attached hydrogen (secondary N) is 2. The number of anilines is 2. The largest absolute Gasteiger partial charge is 0.394 e. The van der Waals surface area contributed by atoms with Crippen LogP contribution in [0.4, 0.5) is 11.6 Å². The molecule has 7 nitrogen and oxygen atoms in total. The summed E-state index contributed by atoms with van der Waals surface area (Å²) in [4.78, 5) is 29.4. The van der Waals surface area contributed by atoms with Crippen molar-refractivity contribution in [1.82, 2.24) is 14.9 Å². The summed E-state index contributed by atoms with van der Waals surface area (Å²) in [6, 6.07) is 14.9. The van der Waals surface area contributed by atoms with Crippen molar-refractivity contribution in [2.75, 3.05) is 11.9 Å². The Hall–Kier alpha value is -3.16. The summed E-state index contributed by atoms with van der Waals surface area (Å²) in [5.41, 5.74) is 2.40. The van der Waals surface area contributed by atoms with Crippen LogP contribution >= 0.6 is 11.6 Å². The number of amides is 1. The van der Waals surface area contributed by atoms with Gasteiger partial charge in [0.2, 0.25) is 11.9 Å². The second kappa shape index (κ2) is 10.9. The predicted octanol–water partition coefficient (Wildman–Crippen LogP) is 3.43. The van der Waals surface area contributed by atoms with Crippen LogP contribution in [0, 0.1) is 6.92 Å². The molecule has 0 aliphatic rings. The number of aromatic nitrogens is 2. The summed E-state index contributed by atoms with van der Waals surface area (Å²) >= 11 is 6.24. The van der Waals surface area contributed by atoms with Gasteiger partial charge in [-0.15, -0.1) is 0 Å². The van der Waals surface area contributed by atoms with Crippen LogP contribution < -0.4 is 16.2 Å². The average molecular weight is 455 g/mol. The second-order valence-corrected chi connectivity index (χ2v) is 7.99. The number of halogens is 1. The maximum absolute atomic E-state index is 12.7. The molecule has 3 N–H and O–H groups in total. The summed E-state index contributed by atoms with van der Waals surface area (Å²) in [5.74, 6) is 0.0256. The Morgan fingerprint density at radius 3 is 2.62 bits per heavy atom. The molecule has 0 aliphatic carbocycles. The molecule has 1 amide bonds. The Kier molecular flexibility index (Phi) is 8.03. The van der Waals surface area contributed by atoms with E-state index in [9.17, 15) is 14.7 Å². The molecule has 32 heavy (non-hydrogen) atoms. The minimum absolute atomic E-state index is 0.117. The Morgan fingerprint density at radius 2 is 1.94 bits per heavy atom. The van der Waals surface area contributed by atoms with Crippen molar-refractivity contribution in [3.8, 4) is 0 Å². The first kappa shape index (κ1) is 23.5. The van der Waals surface area contributed by atoms with Crippen molar-refractivity contribution in [1.29, 1.82) is 0 Å². The average Bonchev–Trinajstić information content (AvgIpc) is 2.79. The Bertz CT molecular complexity index is 1130. The van der Waals surface area contributed by atoms with E-state index in [4.69, 9.17) is 11.6 Å². The lowest BCUT2D eigenvalue weighted by Gasteiger charge is -2.18. The molecule has 0 spiro atoms. The molecule has 3 rings (SSSR count). The second-order valence-electron chi connectivity index (χ2n) is 7.58. The number of nitrogens with zero attached hydrogens (tertiary/aromatic N) is 2. The molecule has 2 aromatic carbocycles. The summed E-state index contributed by atoms with van der Waals surface area (Å²) in [6.45, 7) is 4.06. The lowest BCUT2D eigenvalue weighted by atomic mass is 10.2. The van der Waals surface area contributed by atoms with Gasteiger partial charge in [-0.25, -0.2) is 0 Å². The Morgan fingerprint density at radius 1 is 1.19 bits per heavy atom. The van der Waals surface area contributed by atoms with E-state index in [0.717, 1.165) is 16.8 Å². The van der Waals surface area contributed by atoms with Crippen molar-refractivity contribution >= 4 is 29.1 Å². The highest BCUT2D eigenvalue weighted by molar-refractivity contribution is 6.31. The van der Waals surface area contributed by atoms with Gasteiger partial charge in [0.15, 0.2) is 0 Å². The standard InChI is InChI=1S/C24H27ClN4O3/c1-3-19(15-30)26-22(31)12-18-14-29(13-17-8-5-4-6-9-17)24(28-23(18)32)27-21-11-7-10-20(25)16(21)2/h4-11,14,19,30H,3,12-13,15H2,1-2H3,(H,26,31)(H,27,28,32). The molecule has 0 bridgehead atoms. The van der Waals surface area contributed by atoms with Crippen LogP contribution in [0.3, 0.4) is 0 Å². The van der Waals surface area contributed by atoms with E-state index in [0.29, 0.717) is 23.9 Å². The van der Waals surface area contributed by atoms with Crippen LogP contribution in [-0.4, -0.2) is 33.2 Å². The number of aliphatic hydroxyl groups is 1. The van der Waals surface area contributed by atoms with Gasteiger partial charge in [0, 0.05) is 22.5 Å². The van der Waals surface area contributed by atoms with E-state index in [1.807, 2.05) is 60.9 Å². The Labute approximate surface area is 192 Å². The number of hydrogen-bond acceptors (Lipinski definition) is 5. The van der Waals surface area contributed by atoms with E-state index < -0.39 is 5.56 Å². The van der Waals surface area contributed by atoms with Crippen LogP contribution in [0.15, 0.2) is 59.5 Å². The van der Waals surface area contributed by atoms with Crippen LogP contribution in [-0.2, 0) is 17.8 Å². The number of aliphatic hydroxyl groups excluding tert-OH is 1. The van der Waals surface area contributed by atoms with Crippen molar-refractivity contribution in [3.05, 3.63) is 86.8 Å². The topological polar surface area (TPSA) is 96.2 Å². The van der Waals surface area contributed by atoms with Crippen LogP contribution in [0.1, 0.15) is 30.0 Å². The molecule has 0 radical (unpaired) electrons. The van der Waals surface area contributed by atoms with Gasteiger partial charge in [0.1, 0.15) is 0 Å². The monoisotopic (exact) mass is 454 g/mol. The number of rotatable bonds is 9. The molecule has 0 saturated carbocycles. The van der Waals surface area contributed by atoms with Crippen LogP contribution in [0.2, 0.25) is 5.02 Å². The zero-order chi connectivity index (χ0) is 23.1. The third-order valence-electron chi connectivity index (χ3n) is 5.21. The third-order valence-corrected chi connectivity index (χ3v) is 5.61. The van der Waals surface area contributed by atoms with Crippen molar-refractivity contribution in [3.63, 3.8) is 0 Å². The molecule has 0 fully saturated rings. The zero-order valence-corrected chi connectivity index (χ0v) is 18.9. The van der Waals surface area contributed by atoms with Gasteiger partial charge in [0.25, 0.3) is 5.56 Å². The molecule has 1 heterocycles. The van der Waals surface area contributed by atoms with Crippen LogP contribution in [0.5, 0.6) is 0 Å². The lowest BCUT2D eigenvalue weighted by Crippen LogP contribution is -2.38. The van der Waals surface area contributed by atoms with Crippen molar-refractivity contribution in [2.24, 2.45) is 0 Å². The Balaban J connectivity index is 1.95. The highest BCUT2D eigenvalue weighted by Crippen LogP contribution is 2.25. The smallest absolute Gasteiger partial charge is 0.278 e. The molecule has 1 unspecified atom stereocenters. The van der Waals surface area contributed by atoms with Gasteiger partial charge in [0.05, 0.1) is 25.6 Å². The fraction of sp³-hybridized carbons (Fsp3) is 0.292. The summed E-state index contributed by atoms with van der Waals surface area (Å²) < 4.78 is 1.81. The minimum Gasteiger partial charge on any atom is -0.394 e. The third kappa shape index (κ3) is 5.96. The van der Waals surface area contributed by atoms with Gasteiger partial charge < -0.3 is 20.3 Å². The molecular weight excluding hydrogens is 428 g/mol. The zero-order valence-electron chi connectivity index (χ0n) is 18.1. The first-order valence-corrected chi connectivity index (χ1v) is 10.9. The highest BCUT2D eigenvalue weighted by atomic mass is 35.5. The molecule has 3 aromatic rings. The first-order chi connectivity index (χ1) is 15.4. The SMILES string of the molecule is CCC(CO)NC(=O)Cc1cn(Cc2ccccc2)c(Nc2cccc(Cl)c2C)nc1=O. The quantitative estimate of drug-likeness (QED) is 0.460. The fourth-order valence-electron chi connectivity index (χ4n) is 3.25. The van der Waals surface area contributed by atoms with Gasteiger partial charge in [-0.3, -0.25) is 9.59 Å². The van der Waals surface area contributed by atoms with Gasteiger partial charge >= 0.3 is 0 Å². The van der Waals surface area contributed by atoms with Gasteiger partial charge in [-0.1, -0.05) is 54.9 Å². The van der Waals surface area contributed by atoms with E-state index in [1.165, 1.54) is 0 Å². The molecule has 8 heteroatoms. The lowest BCUT2D eigenvalue weighted by molar-refractivity contribution is -0.121. The molecule has 0 saturated heterocycles. The maximum Gasteiger partial charge on any atom is 0.278 e. The molecule has 1 aromatic heterocycles. The van der Waals surface area contributed by atoms with E-state index in [2.05, 4.69) is 15.6 Å². The van der Waals surface area contributed by atoms with Gasteiger partial charge in [-0.2, -0.15) is 4.98 Å². The molecular formula is C24H27ClN4O3. The molecule has 168 valence electrons. The van der Waals surface area contributed by atoms with E-state index in [-0.39, 0.29) is 30.5 Å². The number of benzene rings is 2. The van der Waals surface area contributed by atoms with Crippen LogP contribution in [0.25, 0.3) is 0 Å². The fourth-order valence-corrected chi connectivity index (χ4v) is 3.42. The number of hydrogen-bond donors (Lipinski definition) is 3. The summed E-state index contributed by atoms with van der Waals surface area (Å²) in [6.07, 6.45) is 2.14. The minimum atomic E-state index is -0.483. The molecule has 1 atom stereocenters. The van der Waals surface area contributed by atoms with Gasteiger partial charge in [-0.05, 0) is 36.6 Å². The highest BCUT2D eigenvalue weighted by Gasteiger charge is 2.16. The first-order valence-electron chi connectivity index (χ1n) is 10.5. The number of carbonyl (C=O) groups is 1. The normalized spacial score (nSPS) is 11.8. The maximum atomic E-state index is 12.7. The number of carbonyl (C=O) groups excluding carboxylic acids is 1. The molecule has 0 aliphatic heterocycles. The summed E-state index contributed by atoms with van der Waals surface area (Å²) in [7, 11) is 0. The van der Waals surface area contributed by atoms with E-state index >= 15 is 0 Å². The van der Waals surface area contributed by atoms with Crippen molar-refractivity contribution in [2.45, 2.75) is 39.3 Å². The summed E-state index contributed by atoms with van der Waals surface area (Å²) in [5, 5.41) is 15.9. The predicted molar refractivity (Wildman–Crippen MR) is 127 cm³/mol.